The first kappa shape index (κ1) is 17.3. The first-order chi connectivity index (χ1) is 10.2. The molecule has 0 radical (unpaired) electrons. The number of thiophene rings is 1. The van der Waals surface area contributed by atoms with Gasteiger partial charge in [-0.05, 0) is 49.7 Å². The van der Waals surface area contributed by atoms with E-state index in [1.54, 1.807) is 4.90 Å². The van der Waals surface area contributed by atoms with Crippen LogP contribution in [0.15, 0.2) is 15.9 Å². The monoisotopic (exact) mass is 388 g/mol. The van der Waals surface area contributed by atoms with Crippen molar-refractivity contribution in [3.63, 3.8) is 0 Å². The molecular formula is C15H21BrN2O3S. The van der Waals surface area contributed by atoms with Gasteiger partial charge in [-0.3, -0.25) is 4.79 Å². The third-order valence-corrected chi connectivity index (χ3v) is 5.00. The number of piperazine rings is 1. The smallest absolute Gasteiger partial charge is 0.410 e. The Morgan fingerprint density at radius 3 is 2.55 bits per heavy atom. The van der Waals surface area contributed by atoms with Crippen LogP contribution in [0.3, 0.4) is 0 Å². The quantitative estimate of drug-likeness (QED) is 0.738. The van der Waals surface area contributed by atoms with E-state index in [1.807, 2.05) is 44.0 Å². The van der Waals surface area contributed by atoms with Crippen LogP contribution in [0.2, 0.25) is 0 Å². The van der Waals surface area contributed by atoms with E-state index >= 15 is 0 Å². The molecule has 1 aliphatic heterocycles. The van der Waals surface area contributed by atoms with E-state index in [-0.39, 0.29) is 18.0 Å². The summed E-state index contributed by atoms with van der Waals surface area (Å²) >= 11 is 4.79. The van der Waals surface area contributed by atoms with Gasteiger partial charge in [0.05, 0.1) is 4.88 Å². The number of ether oxygens (including phenoxy) is 1. The van der Waals surface area contributed by atoms with Crippen molar-refractivity contribution in [2.45, 2.75) is 39.3 Å². The van der Waals surface area contributed by atoms with Crippen LogP contribution in [0, 0.1) is 0 Å². The number of nitrogens with zero attached hydrogens (tertiary/aromatic N) is 2. The van der Waals surface area contributed by atoms with Gasteiger partial charge in [0, 0.05) is 35.5 Å². The zero-order valence-corrected chi connectivity index (χ0v) is 15.7. The minimum atomic E-state index is -0.503. The van der Waals surface area contributed by atoms with Gasteiger partial charge in [0.25, 0.3) is 5.91 Å². The van der Waals surface area contributed by atoms with Gasteiger partial charge in [-0.2, -0.15) is 0 Å². The normalized spacial score (nSPS) is 19.2. The molecule has 22 heavy (non-hydrogen) atoms. The van der Waals surface area contributed by atoms with Crippen molar-refractivity contribution in [2.24, 2.45) is 0 Å². The van der Waals surface area contributed by atoms with Crippen molar-refractivity contribution < 1.29 is 14.3 Å². The topological polar surface area (TPSA) is 49.9 Å². The van der Waals surface area contributed by atoms with Crippen molar-refractivity contribution >= 4 is 39.3 Å². The average Bonchev–Trinajstić information content (AvgIpc) is 2.82. The predicted molar refractivity (Wildman–Crippen MR) is 90.3 cm³/mol. The summed E-state index contributed by atoms with van der Waals surface area (Å²) < 4.78 is 6.31. The SMILES string of the molecule is CC1CN(C(=O)OC(C)(C)C)CCN1C(=O)c1cc(Br)cs1. The van der Waals surface area contributed by atoms with E-state index in [9.17, 15) is 9.59 Å². The zero-order chi connectivity index (χ0) is 16.5. The molecule has 5 nitrogen and oxygen atoms in total. The zero-order valence-electron chi connectivity index (χ0n) is 13.3. The number of halogens is 1. The van der Waals surface area contributed by atoms with Gasteiger partial charge in [-0.1, -0.05) is 0 Å². The molecule has 2 heterocycles. The number of amides is 2. The lowest BCUT2D eigenvalue weighted by atomic mass is 10.2. The molecule has 1 saturated heterocycles. The lowest BCUT2D eigenvalue weighted by Gasteiger charge is -2.40. The summed E-state index contributed by atoms with van der Waals surface area (Å²) in [5.74, 6) is 0.0204. The second-order valence-corrected chi connectivity index (χ2v) is 8.23. The molecule has 0 spiro atoms. The third-order valence-electron chi connectivity index (χ3n) is 3.32. The fourth-order valence-corrected chi connectivity index (χ4v) is 3.70. The Balaban J connectivity index is 1.98. The van der Waals surface area contributed by atoms with Gasteiger partial charge < -0.3 is 14.5 Å². The van der Waals surface area contributed by atoms with Crippen LogP contribution < -0.4 is 0 Å². The number of rotatable bonds is 1. The van der Waals surface area contributed by atoms with Gasteiger partial charge >= 0.3 is 6.09 Å². The lowest BCUT2D eigenvalue weighted by Crippen LogP contribution is -2.56. The largest absolute Gasteiger partial charge is 0.444 e. The van der Waals surface area contributed by atoms with Crippen LogP contribution in [-0.2, 0) is 4.74 Å². The second kappa shape index (κ2) is 6.58. The van der Waals surface area contributed by atoms with E-state index in [0.29, 0.717) is 24.5 Å². The molecule has 0 N–H and O–H groups in total. The molecule has 0 saturated carbocycles. The molecule has 0 aliphatic carbocycles. The van der Waals surface area contributed by atoms with Crippen LogP contribution in [0.5, 0.6) is 0 Å². The summed E-state index contributed by atoms with van der Waals surface area (Å²) in [5, 5.41) is 1.90. The van der Waals surface area contributed by atoms with E-state index in [2.05, 4.69) is 15.9 Å². The van der Waals surface area contributed by atoms with Crippen molar-refractivity contribution in [3.8, 4) is 0 Å². The molecule has 7 heteroatoms. The van der Waals surface area contributed by atoms with E-state index in [0.717, 1.165) is 4.47 Å². The van der Waals surface area contributed by atoms with Gasteiger partial charge in [0.2, 0.25) is 0 Å². The van der Waals surface area contributed by atoms with Crippen LogP contribution in [-0.4, -0.2) is 53.1 Å². The second-order valence-electron chi connectivity index (χ2n) is 6.40. The Morgan fingerprint density at radius 1 is 1.36 bits per heavy atom. The Kier molecular flexibility index (Phi) is 5.17. The number of hydrogen-bond acceptors (Lipinski definition) is 4. The van der Waals surface area contributed by atoms with Crippen molar-refractivity contribution in [1.82, 2.24) is 9.80 Å². The fraction of sp³-hybridized carbons (Fsp3) is 0.600. The summed E-state index contributed by atoms with van der Waals surface area (Å²) in [4.78, 5) is 28.8. The first-order valence-electron chi connectivity index (χ1n) is 7.20. The minimum Gasteiger partial charge on any atom is -0.444 e. The first-order valence-corrected chi connectivity index (χ1v) is 8.87. The van der Waals surface area contributed by atoms with Crippen LogP contribution in [0.1, 0.15) is 37.4 Å². The van der Waals surface area contributed by atoms with Gasteiger partial charge in [0.1, 0.15) is 5.60 Å². The fourth-order valence-electron chi connectivity index (χ4n) is 2.32. The summed E-state index contributed by atoms with van der Waals surface area (Å²) in [6.45, 7) is 9.02. The molecular weight excluding hydrogens is 368 g/mol. The van der Waals surface area contributed by atoms with Crippen LogP contribution in [0.25, 0.3) is 0 Å². The number of carbonyl (C=O) groups is 2. The predicted octanol–water partition coefficient (Wildman–Crippen LogP) is 3.59. The standard InChI is InChI=1S/C15H21BrN2O3S/c1-10-8-17(14(20)21-15(2,3)4)5-6-18(10)13(19)12-7-11(16)9-22-12/h7,9-10H,5-6,8H2,1-4H3. The molecule has 1 unspecified atom stereocenters. The Hall–Kier alpha value is -1.08. The van der Waals surface area contributed by atoms with Gasteiger partial charge in [-0.15, -0.1) is 11.3 Å². The van der Waals surface area contributed by atoms with Crippen molar-refractivity contribution in [2.75, 3.05) is 19.6 Å². The number of hydrogen-bond donors (Lipinski definition) is 0. The summed E-state index contributed by atoms with van der Waals surface area (Å²) in [7, 11) is 0. The summed E-state index contributed by atoms with van der Waals surface area (Å²) in [6, 6.07) is 1.80. The Labute approximate surface area is 143 Å². The molecule has 1 aromatic heterocycles. The van der Waals surface area contributed by atoms with Crippen molar-refractivity contribution in [3.05, 3.63) is 20.8 Å². The molecule has 1 aromatic rings. The minimum absolute atomic E-state index is 0.0204. The molecule has 2 amide bonds. The van der Waals surface area contributed by atoms with Gasteiger partial charge in [-0.25, -0.2) is 4.79 Å². The van der Waals surface area contributed by atoms with Gasteiger partial charge in [0.15, 0.2) is 0 Å². The molecule has 0 aromatic carbocycles. The molecule has 1 aliphatic rings. The number of carbonyl (C=O) groups excluding carboxylic acids is 2. The van der Waals surface area contributed by atoms with E-state index in [4.69, 9.17) is 4.74 Å². The Morgan fingerprint density at radius 2 is 2.05 bits per heavy atom. The maximum Gasteiger partial charge on any atom is 0.410 e. The molecule has 0 bridgehead atoms. The molecule has 2 rings (SSSR count). The van der Waals surface area contributed by atoms with Crippen LogP contribution >= 0.6 is 27.3 Å². The average molecular weight is 389 g/mol. The molecule has 122 valence electrons. The van der Waals surface area contributed by atoms with Crippen molar-refractivity contribution in [1.29, 1.82) is 0 Å². The van der Waals surface area contributed by atoms with E-state index in [1.165, 1.54) is 11.3 Å². The van der Waals surface area contributed by atoms with Crippen LogP contribution in [0.4, 0.5) is 4.79 Å². The lowest BCUT2D eigenvalue weighted by molar-refractivity contribution is 0.00626. The summed E-state index contributed by atoms with van der Waals surface area (Å²) in [6.07, 6.45) is -0.315. The highest BCUT2D eigenvalue weighted by Gasteiger charge is 2.32. The highest BCUT2D eigenvalue weighted by Crippen LogP contribution is 2.23. The Bertz CT molecular complexity index is 567. The highest BCUT2D eigenvalue weighted by atomic mass is 79.9. The summed E-state index contributed by atoms with van der Waals surface area (Å²) in [5.41, 5.74) is -0.503. The third kappa shape index (κ3) is 4.23. The maximum absolute atomic E-state index is 12.5. The molecule has 1 fully saturated rings. The van der Waals surface area contributed by atoms with E-state index < -0.39 is 5.60 Å². The maximum atomic E-state index is 12.5. The highest BCUT2D eigenvalue weighted by molar-refractivity contribution is 9.10. The molecule has 1 atom stereocenters.